The predicted octanol–water partition coefficient (Wildman–Crippen LogP) is 2.75. The summed E-state index contributed by atoms with van der Waals surface area (Å²) in [6.07, 6.45) is 0.472. The molecule has 1 N–H and O–H groups in total. The van der Waals surface area contributed by atoms with Crippen molar-refractivity contribution in [2.75, 3.05) is 38.2 Å². The molecule has 3 rings (SSSR count). The number of rotatable bonds is 8. The highest BCUT2D eigenvalue weighted by molar-refractivity contribution is 7.89. The van der Waals surface area contributed by atoms with Crippen molar-refractivity contribution < 1.29 is 27.5 Å². The van der Waals surface area contributed by atoms with Crippen LogP contribution < -0.4 is 5.32 Å². The fourth-order valence-corrected chi connectivity index (χ4v) is 5.19. The Morgan fingerprint density at radius 3 is 2.24 bits per heavy atom. The molecule has 0 unspecified atom stereocenters. The summed E-state index contributed by atoms with van der Waals surface area (Å²) in [5, 5.41) is 2.80. The second kappa shape index (κ2) is 10.9. The van der Waals surface area contributed by atoms with E-state index in [0.717, 1.165) is 27.9 Å². The lowest BCUT2D eigenvalue weighted by Gasteiger charge is -2.26. The monoisotopic (exact) mass is 474 g/mol. The molecule has 0 saturated carbocycles. The average Bonchev–Trinajstić information content (AvgIpc) is 2.79. The zero-order valence-electron chi connectivity index (χ0n) is 19.2. The number of esters is 1. The molecule has 0 aliphatic carbocycles. The quantitative estimate of drug-likeness (QED) is 0.591. The van der Waals surface area contributed by atoms with E-state index in [9.17, 15) is 18.0 Å². The molecule has 0 aromatic heterocycles. The van der Waals surface area contributed by atoms with Gasteiger partial charge in [0.1, 0.15) is 0 Å². The largest absolute Gasteiger partial charge is 0.456 e. The first kappa shape index (κ1) is 24.9. The predicted molar refractivity (Wildman–Crippen MR) is 125 cm³/mol. The number of benzene rings is 2. The number of nitrogens with one attached hydrogen (secondary N) is 1. The van der Waals surface area contributed by atoms with Crippen LogP contribution in [0.15, 0.2) is 41.3 Å². The van der Waals surface area contributed by atoms with E-state index in [0.29, 0.717) is 32.7 Å². The molecular formula is C24H30N2O6S. The van der Waals surface area contributed by atoms with E-state index in [2.05, 4.69) is 5.32 Å². The molecule has 1 aliphatic heterocycles. The minimum absolute atomic E-state index is 0.0887. The molecule has 0 radical (unpaired) electrons. The normalized spacial score (nSPS) is 14.6. The van der Waals surface area contributed by atoms with Crippen LogP contribution in [0.3, 0.4) is 0 Å². The molecule has 0 bridgehead atoms. The molecule has 33 heavy (non-hydrogen) atoms. The fraction of sp³-hybridized carbons (Fsp3) is 0.417. The molecule has 1 fully saturated rings. The van der Waals surface area contributed by atoms with Crippen molar-refractivity contribution in [3.63, 3.8) is 0 Å². The number of anilines is 1. The molecular weight excluding hydrogens is 444 g/mol. The van der Waals surface area contributed by atoms with E-state index in [4.69, 9.17) is 9.47 Å². The van der Waals surface area contributed by atoms with Crippen molar-refractivity contribution in [3.05, 3.63) is 58.7 Å². The van der Waals surface area contributed by atoms with E-state index >= 15 is 0 Å². The second-order valence-electron chi connectivity index (χ2n) is 8.14. The lowest BCUT2D eigenvalue weighted by Crippen LogP contribution is -2.40. The number of carbonyl (C=O) groups is 2. The van der Waals surface area contributed by atoms with Gasteiger partial charge in [0.25, 0.3) is 5.91 Å². The van der Waals surface area contributed by atoms with Crippen LogP contribution in [0.5, 0.6) is 0 Å². The van der Waals surface area contributed by atoms with Crippen LogP contribution in [0, 0.1) is 20.8 Å². The number of ether oxygens (including phenoxy) is 2. The number of nitrogens with zero attached hydrogens (tertiary/aromatic N) is 1. The number of hydrogen-bond acceptors (Lipinski definition) is 6. The van der Waals surface area contributed by atoms with Gasteiger partial charge in [-0.25, -0.2) is 8.42 Å². The highest BCUT2D eigenvalue weighted by Crippen LogP contribution is 2.22. The van der Waals surface area contributed by atoms with Gasteiger partial charge in [0.2, 0.25) is 10.0 Å². The van der Waals surface area contributed by atoms with Crippen molar-refractivity contribution in [2.45, 2.75) is 38.5 Å². The van der Waals surface area contributed by atoms with Gasteiger partial charge >= 0.3 is 5.97 Å². The molecule has 1 amide bonds. The molecule has 1 heterocycles. The molecule has 1 aliphatic rings. The van der Waals surface area contributed by atoms with Crippen molar-refractivity contribution in [1.29, 1.82) is 0 Å². The van der Waals surface area contributed by atoms with E-state index in [1.807, 2.05) is 32.9 Å². The number of amides is 1. The van der Waals surface area contributed by atoms with Gasteiger partial charge in [0.05, 0.1) is 18.1 Å². The Morgan fingerprint density at radius 1 is 1.03 bits per heavy atom. The lowest BCUT2D eigenvalue weighted by molar-refractivity contribution is -0.147. The van der Waals surface area contributed by atoms with Crippen LogP contribution >= 0.6 is 0 Å². The molecule has 9 heteroatoms. The topological polar surface area (TPSA) is 102 Å². The van der Waals surface area contributed by atoms with Crippen LogP contribution in [-0.2, 0) is 35.5 Å². The van der Waals surface area contributed by atoms with Crippen LogP contribution in [0.4, 0.5) is 5.69 Å². The molecule has 0 spiro atoms. The summed E-state index contributed by atoms with van der Waals surface area (Å²) in [7, 11) is -3.55. The summed E-state index contributed by atoms with van der Waals surface area (Å²) >= 11 is 0. The second-order valence-corrected chi connectivity index (χ2v) is 10.1. The molecule has 1 saturated heterocycles. The van der Waals surface area contributed by atoms with Gasteiger partial charge in [-0.3, -0.25) is 9.59 Å². The Bertz CT molecular complexity index is 1080. The number of sulfonamides is 1. The van der Waals surface area contributed by atoms with Crippen molar-refractivity contribution >= 4 is 27.6 Å². The van der Waals surface area contributed by atoms with Crippen molar-refractivity contribution in [2.24, 2.45) is 0 Å². The lowest BCUT2D eigenvalue weighted by atomic mass is 10.1. The molecule has 178 valence electrons. The van der Waals surface area contributed by atoms with Gasteiger partial charge < -0.3 is 14.8 Å². The zero-order valence-corrected chi connectivity index (χ0v) is 20.0. The summed E-state index contributed by atoms with van der Waals surface area (Å²) in [6.45, 7) is 6.92. The number of carbonyl (C=O) groups excluding carboxylic acids is 2. The minimum atomic E-state index is -3.55. The Labute approximate surface area is 194 Å². The van der Waals surface area contributed by atoms with Crippen molar-refractivity contribution in [3.8, 4) is 0 Å². The number of aryl methyl sites for hydroxylation is 4. The third-order valence-electron chi connectivity index (χ3n) is 5.45. The Balaban J connectivity index is 1.46. The smallest absolute Gasteiger partial charge is 0.306 e. The van der Waals surface area contributed by atoms with E-state index < -0.39 is 21.9 Å². The van der Waals surface area contributed by atoms with Gasteiger partial charge in [-0.05, 0) is 56.0 Å². The van der Waals surface area contributed by atoms with E-state index in [-0.39, 0.29) is 17.9 Å². The molecule has 2 aromatic carbocycles. The first-order chi connectivity index (χ1) is 15.7. The highest BCUT2D eigenvalue weighted by atomic mass is 32.2. The first-order valence-electron chi connectivity index (χ1n) is 10.9. The molecule has 8 nitrogen and oxygen atoms in total. The first-order valence-corrected chi connectivity index (χ1v) is 12.3. The van der Waals surface area contributed by atoms with Gasteiger partial charge in [-0.2, -0.15) is 4.31 Å². The summed E-state index contributed by atoms with van der Waals surface area (Å²) in [5.41, 5.74) is 4.55. The average molecular weight is 475 g/mol. The Morgan fingerprint density at radius 2 is 1.64 bits per heavy atom. The van der Waals surface area contributed by atoms with E-state index in [1.165, 1.54) is 4.31 Å². The summed E-state index contributed by atoms with van der Waals surface area (Å²) in [4.78, 5) is 24.5. The molecule has 0 atom stereocenters. The summed E-state index contributed by atoms with van der Waals surface area (Å²) in [6, 6.07) is 10.4. The highest BCUT2D eigenvalue weighted by Gasteiger charge is 2.26. The Hall–Kier alpha value is -2.75. The fourth-order valence-electron chi connectivity index (χ4n) is 3.78. The van der Waals surface area contributed by atoms with Crippen molar-refractivity contribution in [1.82, 2.24) is 4.31 Å². The maximum Gasteiger partial charge on any atom is 0.306 e. The molecule has 2 aromatic rings. The minimum Gasteiger partial charge on any atom is -0.456 e. The number of morpholine rings is 1. The number of hydrogen-bond donors (Lipinski definition) is 1. The maximum atomic E-state index is 12.7. The Kier molecular flexibility index (Phi) is 8.23. The SMILES string of the molecule is Cc1cc(C)c(NC(=O)COC(=O)CCc2ccc(S(=O)(=O)N3CCOCC3)cc2)c(C)c1. The van der Waals surface area contributed by atoms with Crippen LogP contribution in [0.1, 0.15) is 28.7 Å². The summed E-state index contributed by atoms with van der Waals surface area (Å²) in [5.74, 6) is -0.886. The van der Waals surface area contributed by atoms with Gasteiger partial charge in [0.15, 0.2) is 6.61 Å². The van der Waals surface area contributed by atoms with Gasteiger partial charge in [-0.1, -0.05) is 29.8 Å². The summed E-state index contributed by atoms with van der Waals surface area (Å²) < 4.78 is 37.0. The maximum absolute atomic E-state index is 12.7. The van der Waals surface area contributed by atoms with Gasteiger partial charge in [0, 0.05) is 25.2 Å². The van der Waals surface area contributed by atoms with Crippen LogP contribution in [-0.4, -0.2) is 57.5 Å². The third kappa shape index (κ3) is 6.63. The third-order valence-corrected chi connectivity index (χ3v) is 7.37. The van der Waals surface area contributed by atoms with Crippen LogP contribution in [0.25, 0.3) is 0 Å². The standard InChI is InChI=1S/C24H30N2O6S/c1-17-14-18(2)24(19(3)15-17)25-22(27)16-32-23(28)9-6-20-4-7-21(8-5-20)33(29,30)26-10-12-31-13-11-26/h4-5,7-8,14-15H,6,9-13,16H2,1-3H3,(H,25,27). The van der Waals surface area contributed by atoms with E-state index in [1.54, 1.807) is 24.3 Å². The zero-order chi connectivity index (χ0) is 24.0. The van der Waals surface area contributed by atoms with Gasteiger partial charge in [-0.15, -0.1) is 0 Å². The van der Waals surface area contributed by atoms with Crippen LogP contribution in [0.2, 0.25) is 0 Å².